The molecule has 0 radical (unpaired) electrons. The minimum atomic E-state index is -0.828. The van der Waals surface area contributed by atoms with Crippen molar-refractivity contribution in [1.82, 2.24) is 10.8 Å². The summed E-state index contributed by atoms with van der Waals surface area (Å²) in [5.41, 5.74) is 3.61. The van der Waals surface area contributed by atoms with E-state index in [0.717, 1.165) is 102 Å². The fourth-order valence-corrected chi connectivity index (χ4v) is 12.0. The van der Waals surface area contributed by atoms with E-state index in [9.17, 15) is 24.6 Å². The number of hydrogen-bond donors (Lipinski definition) is 4. The van der Waals surface area contributed by atoms with E-state index in [1.165, 1.54) is 38.5 Å². The first-order chi connectivity index (χ1) is 26.3. The van der Waals surface area contributed by atoms with E-state index in [1.807, 2.05) is 0 Å². The molecular formula is C45H76N2O8. The van der Waals surface area contributed by atoms with Crippen LogP contribution in [0.15, 0.2) is 0 Å². The van der Waals surface area contributed by atoms with Crippen molar-refractivity contribution in [3.8, 4) is 0 Å². The van der Waals surface area contributed by atoms with Crippen LogP contribution >= 0.6 is 0 Å². The van der Waals surface area contributed by atoms with E-state index >= 15 is 0 Å². The van der Waals surface area contributed by atoms with E-state index in [1.54, 1.807) is 0 Å². The number of carboxylic acid groups (broad SMARTS) is 2. The Morgan fingerprint density at radius 1 is 0.545 bits per heavy atom. The van der Waals surface area contributed by atoms with Crippen LogP contribution in [0.1, 0.15) is 169 Å². The Hall–Kier alpha value is -1.75. The summed E-state index contributed by atoms with van der Waals surface area (Å²) in [7, 11) is 0. The van der Waals surface area contributed by atoms with Gasteiger partial charge in [0.15, 0.2) is 0 Å². The third-order valence-corrected chi connectivity index (χ3v) is 15.8. The summed E-state index contributed by atoms with van der Waals surface area (Å²) in [6.07, 6.45) is 23.8. The Morgan fingerprint density at radius 2 is 0.982 bits per heavy atom. The van der Waals surface area contributed by atoms with Crippen molar-refractivity contribution in [1.29, 1.82) is 0 Å². The Bertz CT molecular complexity index is 1230. The van der Waals surface area contributed by atoms with E-state index in [-0.39, 0.29) is 29.9 Å². The molecule has 6 aliphatic carbocycles. The molecule has 6 unspecified atom stereocenters. The van der Waals surface area contributed by atoms with Crippen molar-refractivity contribution in [2.75, 3.05) is 6.61 Å². The number of hydroxylamine groups is 1. The lowest BCUT2D eigenvalue weighted by Gasteiger charge is -2.47. The summed E-state index contributed by atoms with van der Waals surface area (Å²) < 4.78 is 13.4. The van der Waals surface area contributed by atoms with Crippen LogP contribution in [0, 0.1) is 52.8 Å². The molecule has 0 heterocycles. The first-order valence-electron chi connectivity index (χ1n) is 22.8. The van der Waals surface area contributed by atoms with Gasteiger partial charge in [0.2, 0.25) is 5.91 Å². The molecule has 0 spiro atoms. The summed E-state index contributed by atoms with van der Waals surface area (Å²) >= 11 is 0. The van der Waals surface area contributed by atoms with Gasteiger partial charge in [-0.1, -0.05) is 27.7 Å². The molecule has 4 N–H and O–H groups in total. The van der Waals surface area contributed by atoms with Gasteiger partial charge in [0.1, 0.15) is 0 Å². The molecule has 0 aromatic heterocycles. The highest BCUT2D eigenvalue weighted by Crippen LogP contribution is 2.49. The molecule has 6 rings (SSSR count). The number of nitrogens with one attached hydrogen (secondary N) is 2. The van der Waals surface area contributed by atoms with Gasteiger partial charge in [-0.15, -0.1) is 0 Å². The van der Waals surface area contributed by atoms with Crippen LogP contribution in [0.4, 0.5) is 0 Å². The summed E-state index contributed by atoms with van der Waals surface area (Å²) in [6, 6.07) is 0.452. The van der Waals surface area contributed by atoms with E-state index in [2.05, 4.69) is 38.5 Å². The largest absolute Gasteiger partial charge is 0.481 e. The number of ether oxygens (including phenoxy) is 2. The maximum Gasteiger partial charge on any atom is 0.307 e. The van der Waals surface area contributed by atoms with E-state index in [4.69, 9.17) is 14.3 Å². The molecule has 6 aliphatic rings. The van der Waals surface area contributed by atoms with E-state index < -0.39 is 23.8 Å². The lowest BCUT2D eigenvalue weighted by molar-refractivity contribution is -0.150. The molecular weight excluding hydrogens is 697 g/mol. The predicted octanol–water partition coefficient (Wildman–Crippen LogP) is 8.70. The van der Waals surface area contributed by atoms with Gasteiger partial charge in [-0.25, -0.2) is 0 Å². The third-order valence-electron chi connectivity index (χ3n) is 15.8. The second-order valence-electron chi connectivity index (χ2n) is 20.0. The maximum atomic E-state index is 13.1. The molecule has 10 nitrogen and oxygen atoms in total. The number of amides is 1. The molecule has 0 saturated heterocycles. The van der Waals surface area contributed by atoms with Crippen LogP contribution < -0.4 is 10.8 Å². The summed E-state index contributed by atoms with van der Waals surface area (Å²) in [4.78, 5) is 42.5. The number of carboxylic acids is 2. The Morgan fingerprint density at radius 3 is 1.47 bits per heavy atom. The molecule has 10 heteroatoms. The zero-order chi connectivity index (χ0) is 39.1. The average Bonchev–Trinajstić information content (AvgIpc) is 3.16. The zero-order valence-electron chi connectivity index (χ0n) is 34.7. The summed E-state index contributed by atoms with van der Waals surface area (Å²) in [5.74, 6) is -0.246. The highest BCUT2D eigenvalue weighted by atomic mass is 16.6. The molecule has 55 heavy (non-hydrogen) atoms. The normalized spacial score (nSPS) is 40.6. The Balaban J connectivity index is 0.828. The van der Waals surface area contributed by atoms with Gasteiger partial charge >= 0.3 is 11.9 Å². The minimum absolute atomic E-state index is 0.0526. The smallest absolute Gasteiger partial charge is 0.307 e. The van der Waals surface area contributed by atoms with E-state index in [0.29, 0.717) is 61.1 Å². The van der Waals surface area contributed by atoms with Gasteiger partial charge in [-0.3, -0.25) is 14.4 Å². The van der Waals surface area contributed by atoms with Crippen molar-refractivity contribution in [2.24, 2.45) is 52.8 Å². The van der Waals surface area contributed by atoms with Gasteiger partial charge in [0, 0.05) is 12.1 Å². The number of rotatable bonds is 14. The first kappa shape index (κ1) is 42.8. The number of carbonyl (C=O) groups is 3. The zero-order valence-corrected chi connectivity index (χ0v) is 34.7. The fraction of sp³-hybridized carbons (Fsp3) is 0.933. The van der Waals surface area contributed by atoms with Gasteiger partial charge in [-0.2, -0.15) is 5.48 Å². The van der Waals surface area contributed by atoms with Crippen molar-refractivity contribution in [3.63, 3.8) is 0 Å². The minimum Gasteiger partial charge on any atom is -0.481 e. The first-order valence-corrected chi connectivity index (χ1v) is 22.8. The van der Waals surface area contributed by atoms with Gasteiger partial charge in [-0.05, 0) is 176 Å². The van der Waals surface area contributed by atoms with Crippen LogP contribution in [0.2, 0.25) is 0 Å². The predicted molar refractivity (Wildman–Crippen MR) is 212 cm³/mol. The second-order valence-corrected chi connectivity index (χ2v) is 20.0. The average molecular weight is 773 g/mol. The number of carbonyl (C=O) groups excluding carboxylic acids is 1. The lowest BCUT2D eigenvalue weighted by Crippen LogP contribution is -2.46. The van der Waals surface area contributed by atoms with Crippen LogP contribution in [0.5, 0.6) is 0 Å². The van der Waals surface area contributed by atoms with Crippen molar-refractivity contribution in [2.45, 2.75) is 205 Å². The SMILES string of the molecule is CC1CCC(C(=O)O)C(CONC2CCC(OC3CCC(C(C)(C)C4CCC(OC5CCC(NC(=O)C6CC(C)CCC6C(=O)O)CC5)CC4)CC3)CC2)C1. The van der Waals surface area contributed by atoms with Crippen LogP contribution in [-0.4, -0.2) is 71.2 Å². The summed E-state index contributed by atoms with van der Waals surface area (Å²) in [5, 5.41) is 22.5. The van der Waals surface area contributed by atoms with Gasteiger partial charge in [0.05, 0.1) is 48.8 Å². The second kappa shape index (κ2) is 19.8. The quantitative estimate of drug-likeness (QED) is 0.128. The molecule has 0 bridgehead atoms. The molecule has 6 saturated carbocycles. The molecule has 0 aromatic carbocycles. The lowest BCUT2D eigenvalue weighted by atomic mass is 9.60. The van der Waals surface area contributed by atoms with Crippen molar-refractivity contribution >= 4 is 17.8 Å². The standard InChI is InChI=1S/C45H76N2O8/c1-28-5-23-39(43(49)50)30(25-28)27-53-47-34-13-21-38(22-14-34)55-36-17-9-32(10-18-36)45(3,4)31-7-15-35(16-8-31)54-37-19-11-33(12-20-37)46-42(48)41-26-29(2)6-24-40(41)44(51)52/h28-41,47H,5-27H2,1-4H3,(H,46,48)(H,49,50)(H,51,52). The molecule has 6 atom stereocenters. The fourth-order valence-electron chi connectivity index (χ4n) is 12.0. The van der Waals surface area contributed by atoms with Crippen molar-refractivity contribution < 1.29 is 38.9 Å². The summed E-state index contributed by atoms with van der Waals surface area (Å²) in [6.45, 7) is 9.88. The molecule has 0 aliphatic heterocycles. The number of hydrogen-bond acceptors (Lipinski definition) is 7. The molecule has 1 amide bonds. The highest BCUT2D eigenvalue weighted by molar-refractivity contribution is 5.85. The van der Waals surface area contributed by atoms with Crippen LogP contribution in [-0.2, 0) is 28.7 Å². The monoisotopic (exact) mass is 773 g/mol. The third kappa shape index (κ3) is 11.7. The maximum absolute atomic E-state index is 13.1. The topological polar surface area (TPSA) is 143 Å². The molecule has 0 aromatic rings. The number of aliphatic carboxylic acids is 2. The Labute approximate surface area is 331 Å². The van der Waals surface area contributed by atoms with Gasteiger partial charge in [0.25, 0.3) is 0 Å². The molecule has 314 valence electrons. The van der Waals surface area contributed by atoms with Crippen LogP contribution in [0.3, 0.4) is 0 Å². The highest BCUT2D eigenvalue weighted by Gasteiger charge is 2.43. The Kier molecular flexibility index (Phi) is 15.4. The van der Waals surface area contributed by atoms with Gasteiger partial charge < -0.3 is 29.8 Å². The molecule has 6 fully saturated rings. The van der Waals surface area contributed by atoms with Crippen molar-refractivity contribution in [3.05, 3.63) is 0 Å². The van der Waals surface area contributed by atoms with Crippen LogP contribution in [0.25, 0.3) is 0 Å².